The first-order valence-corrected chi connectivity index (χ1v) is 3.76. The molecule has 0 fully saturated rings. The number of hydrogen-bond acceptors (Lipinski definition) is 4. The minimum atomic E-state index is -0.589. The zero-order valence-corrected chi connectivity index (χ0v) is 6.45. The second kappa shape index (κ2) is 7.50. The van der Waals surface area contributed by atoms with Crippen LogP contribution >= 0.6 is 0 Å². The van der Waals surface area contributed by atoms with E-state index < -0.39 is 5.97 Å². The van der Waals surface area contributed by atoms with Crippen LogP contribution in [0.4, 0.5) is 0 Å². The number of carbonyl (C=O) groups excluding carboxylic acids is 1. The van der Waals surface area contributed by atoms with Crippen LogP contribution in [0.3, 0.4) is 0 Å². The molecule has 0 amide bonds. The molecule has 0 rings (SSSR count). The van der Waals surface area contributed by atoms with Crippen molar-refractivity contribution < 1.29 is 20.0 Å². The molecule has 11 heavy (non-hydrogen) atoms. The highest BCUT2D eigenvalue weighted by Crippen LogP contribution is 2.02. The zero-order valence-electron chi connectivity index (χ0n) is 6.45. The van der Waals surface area contributed by atoms with Crippen LogP contribution < -0.4 is 0 Å². The average molecular weight is 162 g/mol. The van der Waals surface area contributed by atoms with Crippen LogP contribution in [-0.2, 0) is 9.68 Å². The van der Waals surface area contributed by atoms with Gasteiger partial charge in [0.25, 0.3) is 0 Å². The Morgan fingerprint density at radius 1 is 1.18 bits per heavy atom. The van der Waals surface area contributed by atoms with Crippen molar-refractivity contribution in [1.82, 2.24) is 0 Å². The molecule has 66 valence electrons. The molecule has 0 spiro atoms. The van der Waals surface area contributed by atoms with E-state index in [0.29, 0.717) is 6.42 Å². The van der Waals surface area contributed by atoms with Crippen molar-refractivity contribution in [2.45, 2.75) is 32.1 Å². The molecule has 0 aromatic rings. The second-order valence-electron chi connectivity index (χ2n) is 2.35. The van der Waals surface area contributed by atoms with E-state index in [1.165, 1.54) is 0 Å². The van der Waals surface area contributed by atoms with Crippen LogP contribution in [-0.4, -0.2) is 22.9 Å². The number of rotatable bonds is 6. The van der Waals surface area contributed by atoms with E-state index in [1.807, 2.05) is 0 Å². The normalized spacial score (nSPS) is 9.64. The SMILES string of the molecule is O=C(CCCCCCO)OO. The summed E-state index contributed by atoms with van der Waals surface area (Å²) < 4.78 is 0. The van der Waals surface area contributed by atoms with Crippen molar-refractivity contribution in [2.75, 3.05) is 6.61 Å². The summed E-state index contributed by atoms with van der Waals surface area (Å²) in [5.41, 5.74) is 0. The molecular weight excluding hydrogens is 148 g/mol. The van der Waals surface area contributed by atoms with E-state index in [2.05, 4.69) is 4.89 Å². The number of aliphatic hydroxyl groups excluding tert-OH is 1. The van der Waals surface area contributed by atoms with Gasteiger partial charge in [-0.05, 0) is 12.8 Å². The maximum Gasteiger partial charge on any atom is 0.342 e. The monoisotopic (exact) mass is 162 g/mol. The summed E-state index contributed by atoms with van der Waals surface area (Å²) in [4.78, 5) is 13.8. The fourth-order valence-corrected chi connectivity index (χ4v) is 0.780. The number of hydrogen-bond donors (Lipinski definition) is 2. The highest BCUT2D eigenvalue weighted by atomic mass is 17.1. The Kier molecular flexibility index (Phi) is 7.08. The third-order valence-electron chi connectivity index (χ3n) is 1.39. The third kappa shape index (κ3) is 7.29. The number of unbranched alkanes of at least 4 members (excludes halogenated alkanes) is 3. The molecular formula is C7H14O4. The smallest absolute Gasteiger partial charge is 0.342 e. The summed E-state index contributed by atoms with van der Waals surface area (Å²) in [6.45, 7) is 0.199. The Labute approximate surface area is 65.7 Å². The maximum absolute atomic E-state index is 10.3. The fourth-order valence-electron chi connectivity index (χ4n) is 0.780. The molecule has 4 heteroatoms. The van der Waals surface area contributed by atoms with Crippen molar-refractivity contribution in [1.29, 1.82) is 0 Å². The van der Waals surface area contributed by atoms with Gasteiger partial charge in [-0.2, -0.15) is 5.26 Å². The number of carbonyl (C=O) groups is 1. The van der Waals surface area contributed by atoms with Gasteiger partial charge in [-0.25, -0.2) is 4.79 Å². The first kappa shape index (κ1) is 10.4. The van der Waals surface area contributed by atoms with Crippen LogP contribution in [0.2, 0.25) is 0 Å². The quantitative estimate of drug-likeness (QED) is 0.346. The molecule has 0 radical (unpaired) electrons. The van der Waals surface area contributed by atoms with Gasteiger partial charge in [-0.3, -0.25) is 0 Å². The van der Waals surface area contributed by atoms with E-state index in [9.17, 15) is 4.79 Å². The highest BCUT2D eigenvalue weighted by Gasteiger charge is 1.99. The van der Waals surface area contributed by atoms with Gasteiger partial charge in [0.1, 0.15) is 0 Å². The lowest BCUT2D eigenvalue weighted by Crippen LogP contribution is -1.99. The van der Waals surface area contributed by atoms with Crippen molar-refractivity contribution in [3.8, 4) is 0 Å². The second-order valence-corrected chi connectivity index (χ2v) is 2.35. The molecule has 0 atom stereocenters. The largest absolute Gasteiger partial charge is 0.396 e. The van der Waals surface area contributed by atoms with Gasteiger partial charge in [-0.15, -0.1) is 0 Å². The Bertz CT molecular complexity index is 103. The van der Waals surface area contributed by atoms with Crippen molar-refractivity contribution >= 4 is 5.97 Å². The minimum absolute atomic E-state index is 0.199. The number of aliphatic hydroxyl groups is 1. The van der Waals surface area contributed by atoms with Gasteiger partial charge in [0.2, 0.25) is 0 Å². The van der Waals surface area contributed by atoms with Crippen molar-refractivity contribution in [3.63, 3.8) is 0 Å². The van der Waals surface area contributed by atoms with Crippen LogP contribution in [0.15, 0.2) is 0 Å². The van der Waals surface area contributed by atoms with Gasteiger partial charge in [0.05, 0.1) is 0 Å². The Hall–Kier alpha value is -0.610. The average Bonchev–Trinajstić information content (AvgIpc) is 2.04. The van der Waals surface area contributed by atoms with Gasteiger partial charge < -0.3 is 9.99 Å². The Morgan fingerprint density at radius 3 is 2.36 bits per heavy atom. The molecule has 0 aromatic carbocycles. The fraction of sp³-hybridized carbons (Fsp3) is 0.857. The van der Waals surface area contributed by atoms with E-state index in [0.717, 1.165) is 19.3 Å². The third-order valence-corrected chi connectivity index (χ3v) is 1.39. The lowest BCUT2D eigenvalue weighted by Gasteiger charge is -1.96. The van der Waals surface area contributed by atoms with E-state index in [4.69, 9.17) is 10.4 Å². The van der Waals surface area contributed by atoms with Gasteiger partial charge in [-0.1, -0.05) is 12.8 Å². The zero-order chi connectivity index (χ0) is 8.53. The lowest BCUT2D eigenvalue weighted by atomic mass is 10.1. The van der Waals surface area contributed by atoms with Crippen LogP contribution in [0, 0.1) is 0 Å². The maximum atomic E-state index is 10.3. The summed E-state index contributed by atoms with van der Waals surface area (Å²) >= 11 is 0. The summed E-state index contributed by atoms with van der Waals surface area (Å²) in [6, 6.07) is 0. The molecule has 0 aliphatic heterocycles. The molecule has 0 saturated heterocycles. The summed E-state index contributed by atoms with van der Waals surface area (Å²) in [5, 5.41) is 16.2. The highest BCUT2D eigenvalue weighted by molar-refractivity contribution is 5.68. The Morgan fingerprint density at radius 2 is 1.82 bits per heavy atom. The summed E-state index contributed by atoms with van der Waals surface area (Å²) in [6.07, 6.45) is 3.53. The molecule has 4 nitrogen and oxygen atoms in total. The van der Waals surface area contributed by atoms with Crippen LogP contribution in [0.25, 0.3) is 0 Å². The summed E-state index contributed by atoms with van der Waals surface area (Å²) in [7, 11) is 0. The first-order chi connectivity index (χ1) is 5.31. The van der Waals surface area contributed by atoms with Crippen LogP contribution in [0.1, 0.15) is 32.1 Å². The molecule has 0 bridgehead atoms. The molecule has 0 aliphatic carbocycles. The lowest BCUT2D eigenvalue weighted by molar-refractivity contribution is -0.234. The first-order valence-electron chi connectivity index (χ1n) is 3.76. The minimum Gasteiger partial charge on any atom is -0.396 e. The van der Waals surface area contributed by atoms with Crippen molar-refractivity contribution in [3.05, 3.63) is 0 Å². The predicted octanol–water partition coefficient (Wildman–Crippen LogP) is 0.945. The molecule has 0 saturated carbocycles. The summed E-state index contributed by atoms with van der Waals surface area (Å²) in [5.74, 6) is -0.589. The van der Waals surface area contributed by atoms with E-state index in [-0.39, 0.29) is 13.0 Å². The van der Waals surface area contributed by atoms with E-state index >= 15 is 0 Å². The van der Waals surface area contributed by atoms with Gasteiger partial charge >= 0.3 is 5.97 Å². The molecule has 0 heterocycles. The molecule has 0 aliphatic rings. The predicted molar refractivity (Wildman–Crippen MR) is 38.9 cm³/mol. The van der Waals surface area contributed by atoms with Gasteiger partial charge in [0, 0.05) is 13.0 Å². The van der Waals surface area contributed by atoms with Crippen molar-refractivity contribution in [2.24, 2.45) is 0 Å². The molecule has 0 aromatic heterocycles. The van der Waals surface area contributed by atoms with Gasteiger partial charge in [0.15, 0.2) is 0 Å². The van der Waals surface area contributed by atoms with Crippen LogP contribution in [0.5, 0.6) is 0 Å². The Balaban J connectivity index is 2.95. The molecule has 2 N–H and O–H groups in total. The molecule has 0 unspecified atom stereocenters. The van der Waals surface area contributed by atoms with E-state index in [1.54, 1.807) is 0 Å². The topological polar surface area (TPSA) is 66.8 Å². The standard InChI is InChI=1S/C7H14O4/c8-6-4-2-1-3-5-7(9)11-10/h8,10H,1-6H2.